The first-order valence-corrected chi connectivity index (χ1v) is 8.57. The third-order valence-electron chi connectivity index (χ3n) is 5.48. The molecule has 0 aromatic heterocycles. The summed E-state index contributed by atoms with van der Waals surface area (Å²) >= 11 is 0. The molecule has 1 saturated heterocycles. The summed E-state index contributed by atoms with van der Waals surface area (Å²) in [5, 5.41) is 12.0. The summed E-state index contributed by atoms with van der Waals surface area (Å²) in [5.74, 6) is -0.529. The molecule has 7 nitrogen and oxygen atoms in total. The van der Waals surface area contributed by atoms with Gasteiger partial charge in [-0.05, 0) is 37.0 Å². The van der Waals surface area contributed by atoms with Crippen molar-refractivity contribution in [2.24, 2.45) is 11.8 Å². The van der Waals surface area contributed by atoms with Crippen LogP contribution >= 0.6 is 0 Å². The summed E-state index contributed by atoms with van der Waals surface area (Å²) in [6, 6.07) is 5.90. The number of carbonyl (C=O) groups is 2. The Labute approximate surface area is 145 Å². The molecule has 0 spiro atoms. The first-order valence-electron chi connectivity index (χ1n) is 8.57. The van der Waals surface area contributed by atoms with E-state index in [9.17, 15) is 9.59 Å². The number of carbonyl (C=O) groups excluding carboxylic acids is 1. The van der Waals surface area contributed by atoms with Crippen LogP contribution in [0, 0.1) is 11.8 Å². The molecule has 7 heteroatoms. The quantitative estimate of drug-likeness (QED) is 0.834. The van der Waals surface area contributed by atoms with Crippen molar-refractivity contribution in [2.75, 3.05) is 26.6 Å². The van der Waals surface area contributed by atoms with E-state index in [4.69, 9.17) is 19.3 Å². The van der Waals surface area contributed by atoms with Gasteiger partial charge < -0.3 is 24.6 Å². The fourth-order valence-corrected chi connectivity index (χ4v) is 3.70. The second-order valence-corrected chi connectivity index (χ2v) is 6.97. The predicted molar refractivity (Wildman–Crippen MR) is 86.5 cm³/mol. The van der Waals surface area contributed by atoms with E-state index in [-0.39, 0.29) is 18.1 Å². The maximum Gasteiger partial charge on any atom is 0.307 e. The molecule has 2 N–H and O–H groups in total. The molecular formula is C18H21NO6. The fraction of sp³-hybridized carbons (Fsp3) is 0.556. The molecule has 2 atom stereocenters. The van der Waals surface area contributed by atoms with Crippen LogP contribution in [0.1, 0.15) is 24.8 Å². The van der Waals surface area contributed by atoms with Crippen LogP contribution in [0.4, 0.5) is 0 Å². The predicted octanol–water partition coefficient (Wildman–Crippen LogP) is 1.30. The van der Waals surface area contributed by atoms with Gasteiger partial charge in [-0.2, -0.15) is 0 Å². The van der Waals surface area contributed by atoms with Crippen LogP contribution < -0.4 is 14.8 Å². The molecule has 0 unspecified atom stereocenters. The van der Waals surface area contributed by atoms with Crippen LogP contribution in [0.15, 0.2) is 18.2 Å². The van der Waals surface area contributed by atoms with E-state index in [0.29, 0.717) is 26.2 Å². The van der Waals surface area contributed by atoms with E-state index in [0.717, 1.165) is 29.9 Å². The van der Waals surface area contributed by atoms with E-state index in [1.807, 2.05) is 18.2 Å². The maximum atomic E-state index is 12.3. The Hall–Kier alpha value is -2.28. The molecule has 25 heavy (non-hydrogen) atoms. The monoisotopic (exact) mass is 347 g/mol. The summed E-state index contributed by atoms with van der Waals surface area (Å²) in [6.07, 6.45) is 2.02. The Balaban J connectivity index is 1.50. The Morgan fingerprint density at radius 2 is 1.92 bits per heavy atom. The number of fused-ring (bicyclic) bond motifs is 1. The molecule has 134 valence electrons. The lowest BCUT2D eigenvalue weighted by Gasteiger charge is -2.38. The highest BCUT2D eigenvalue weighted by Gasteiger charge is 2.48. The van der Waals surface area contributed by atoms with Gasteiger partial charge in [0.05, 0.1) is 11.8 Å². The highest BCUT2D eigenvalue weighted by atomic mass is 16.7. The highest BCUT2D eigenvalue weighted by Crippen LogP contribution is 2.42. The SMILES string of the molecule is O=C(O)[C@H]1C[C@@H]1C(=O)NCC1(c2ccc3c(c2)OCO3)CCOCC1. The van der Waals surface area contributed by atoms with Gasteiger partial charge in [-0.1, -0.05) is 6.07 Å². The number of benzene rings is 1. The lowest BCUT2D eigenvalue weighted by atomic mass is 9.74. The molecule has 1 aliphatic carbocycles. The molecule has 2 aliphatic heterocycles. The Morgan fingerprint density at radius 1 is 1.16 bits per heavy atom. The molecule has 2 heterocycles. The van der Waals surface area contributed by atoms with Crippen molar-refractivity contribution in [3.8, 4) is 11.5 Å². The molecule has 0 bridgehead atoms. The van der Waals surface area contributed by atoms with Crippen molar-refractivity contribution in [1.29, 1.82) is 0 Å². The third kappa shape index (κ3) is 3.04. The third-order valence-corrected chi connectivity index (χ3v) is 5.48. The van der Waals surface area contributed by atoms with Gasteiger partial charge in [0, 0.05) is 25.2 Å². The van der Waals surface area contributed by atoms with E-state index < -0.39 is 17.8 Å². The smallest absolute Gasteiger partial charge is 0.307 e. The second-order valence-electron chi connectivity index (χ2n) is 6.97. The molecule has 1 aromatic rings. The number of aliphatic carboxylic acids is 1. The average Bonchev–Trinajstić information content (AvgIpc) is 3.31. The maximum absolute atomic E-state index is 12.3. The van der Waals surface area contributed by atoms with E-state index in [2.05, 4.69) is 5.32 Å². The first-order chi connectivity index (χ1) is 12.1. The van der Waals surface area contributed by atoms with E-state index >= 15 is 0 Å². The van der Waals surface area contributed by atoms with Gasteiger partial charge in [0.25, 0.3) is 0 Å². The number of ether oxygens (including phenoxy) is 3. The Kier molecular flexibility index (Phi) is 4.03. The second kappa shape index (κ2) is 6.22. The molecule has 0 radical (unpaired) electrons. The number of hydrogen-bond donors (Lipinski definition) is 2. The van der Waals surface area contributed by atoms with Crippen LogP contribution in [0.5, 0.6) is 11.5 Å². The summed E-state index contributed by atoms with van der Waals surface area (Å²) in [4.78, 5) is 23.2. The molecule has 1 saturated carbocycles. The molecule has 3 aliphatic rings. The molecule has 1 aromatic carbocycles. The van der Waals surface area contributed by atoms with Crippen molar-refractivity contribution >= 4 is 11.9 Å². The number of hydrogen-bond acceptors (Lipinski definition) is 5. The van der Waals surface area contributed by atoms with Gasteiger partial charge in [0.2, 0.25) is 12.7 Å². The van der Waals surface area contributed by atoms with Crippen LogP contribution in [0.3, 0.4) is 0 Å². The number of carboxylic acids is 1. The van der Waals surface area contributed by atoms with Gasteiger partial charge in [0.1, 0.15) is 0 Å². The Bertz CT molecular complexity index is 697. The molecular weight excluding hydrogens is 326 g/mol. The lowest BCUT2D eigenvalue weighted by Crippen LogP contribution is -2.45. The summed E-state index contributed by atoms with van der Waals surface area (Å²) in [7, 11) is 0. The average molecular weight is 347 g/mol. The number of amides is 1. The zero-order chi connectivity index (χ0) is 17.4. The molecule has 1 amide bonds. The minimum Gasteiger partial charge on any atom is -0.481 e. The summed E-state index contributed by atoms with van der Waals surface area (Å²) < 4.78 is 16.4. The van der Waals surface area contributed by atoms with Gasteiger partial charge in [-0.3, -0.25) is 9.59 Å². The largest absolute Gasteiger partial charge is 0.481 e. The first kappa shape index (κ1) is 16.2. The highest BCUT2D eigenvalue weighted by molar-refractivity contribution is 5.89. The van der Waals surface area contributed by atoms with Crippen molar-refractivity contribution in [3.05, 3.63) is 23.8 Å². The van der Waals surface area contributed by atoms with Crippen molar-refractivity contribution < 1.29 is 28.9 Å². The number of nitrogens with one attached hydrogen (secondary N) is 1. The van der Waals surface area contributed by atoms with Gasteiger partial charge in [-0.15, -0.1) is 0 Å². The van der Waals surface area contributed by atoms with Gasteiger partial charge in [-0.25, -0.2) is 0 Å². The lowest BCUT2D eigenvalue weighted by molar-refractivity contribution is -0.140. The van der Waals surface area contributed by atoms with Crippen LogP contribution in [-0.2, 0) is 19.7 Å². The Morgan fingerprint density at radius 3 is 2.64 bits per heavy atom. The van der Waals surface area contributed by atoms with Crippen molar-refractivity contribution in [1.82, 2.24) is 5.32 Å². The van der Waals surface area contributed by atoms with Gasteiger partial charge in [0.15, 0.2) is 11.5 Å². The zero-order valence-electron chi connectivity index (χ0n) is 13.8. The van der Waals surface area contributed by atoms with Crippen molar-refractivity contribution in [2.45, 2.75) is 24.7 Å². The minimum atomic E-state index is -0.892. The minimum absolute atomic E-state index is 0.168. The summed E-state index contributed by atoms with van der Waals surface area (Å²) in [5.41, 5.74) is 0.855. The normalized spacial score (nSPS) is 26.1. The van der Waals surface area contributed by atoms with E-state index in [1.165, 1.54) is 0 Å². The van der Waals surface area contributed by atoms with Crippen molar-refractivity contribution in [3.63, 3.8) is 0 Å². The van der Waals surface area contributed by atoms with Gasteiger partial charge >= 0.3 is 5.97 Å². The van der Waals surface area contributed by atoms with E-state index in [1.54, 1.807) is 0 Å². The number of rotatable bonds is 5. The zero-order valence-corrected chi connectivity index (χ0v) is 13.8. The topological polar surface area (TPSA) is 94.1 Å². The fourth-order valence-electron chi connectivity index (χ4n) is 3.70. The summed E-state index contributed by atoms with van der Waals surface area (Å²) in [6.45, 7) is 1.96. The van der Waals surface area contributed by atoms with Crippen LogP contribution in [0.2, 0.25) is 0 Å². The van der Waals surface area contributed by atoms with Crippen LogP contribution in [0.25, 0.3) is 0 Å². The number of carboxylic acid groups (broad SMARTS) is 1. The van der Waals surface area contributed by atoms with Crippen LogP contribution in [-0.4, -0.2) is 43.5 Å². The molecule has 2 fully saturated rings. The molecule has 4 rings (SSSR count). The standard InChI is InChI=1S/C18H21NO6/c20-16(12-8-13(12)17(21)22)19-9-18(3-5-23-6-4-18)11-1-2-14-15(7-11)25-10-24-14/h1-2,7,12-13H,3-6,8-10H2,(H,19,20)(H,21,22)/t12-,13-/m0/s1.